The molecule has 1 saturated heterocycles. The van der Waals surface area contributed by atoms with Crippen molar-refractivity contribution in [3.8, 4) is 11.5 Å². The summed E-state index contributed by atoms with van der Waals surface area (Å²) in [5, 5.41) is 4.27. The third-order valence-corrected chi connectivity index (χ3v) is 5.00. The number of ether oxygens (including phenoxy) is 2. The molecule has 0 saturated carbocycles. The van der Waals surface area contributed by atoms with Crippen LogP contribution >= 0.6 is 11.6 Å². The summed E-state index contributed by atoms with van der Waals surface area (Å²) in [6.07, 6.45) is 4.06. The molecule has 0 aliphatic carbocycles. The van der Waals surface area contributed by atoms with Crippen LogP contribution in [0, 0.1) is 0 Å². The molecule has 2 aromatic rings. The van der Waals surface area contributed by atoms with Crippen LogP contribution in [0.1, 0.15) is 18.4 Å². The first kappa shape index (κ1) is 16.5. The zero-order valence-corrected chi connectivity index (χ0v) is 14.8. The summed E-state index contributed by atoms with van der Waals surface area (Å²) in [6, 6.07) is 10.6. The first-order valence-electron chi connectivity index (χ1n) is 8.77. The van der Waals surface area contributed by atoms with Gasteiger partial charge in [0.2, 0.25) is 0 Å². The van der Waals surface area contributed by atoms with Gasteiger partial charge in [0.25, 0.3) is 0 Å². The van der Waals surface area contributed by atoms with Gasteiger partial charge < -0.3 is 19.7 Å². The highest BCUT2D eigenvalue weighted by molar-refractivity contribution is 6.32. The van der Waals surface area contributed by atoms with Gasteiger partial charge >= 0.3 is 0 Å². The highest BCUT2D eigenvalue weighted by atomic mass is 35.5. The number of halogens is 1. The molecule has 132 valence electrons. The third-order valence-electron chi connectivity index (χ3n) is 4.72. The molecule has 3 heterocycles. The maximum atomic E-state index is 6.31. The van der Waals surface area contributed by atoms with Crippen LogP contribution in [0.3, 0.4) is 0 Å². The van der Waals surface area contributed by atoms with Gasteiger partial charge in [-0.15, -0.1) is 0 Å². The van der Waals surface area contributed by atoms with Crippen LogP contribution in [0.5, 0.6) is 11.5 Å². The lowest BCUT2D eigenvalue weighted by Crippen LogP contribution is -2.42. The van der Waals surface area contributed by atoms with E-state index in [4.69, 9.17) is 21.1 Å². The van der Waals surface area contributed by atoms with Gasteiger partial charge in [-0.1, -0.05) is 17.7 Å². The summed E-state index contributed by atoms with van der Waals surface area (Å²) >= 11 is 6.31. The van der Waals surface area contributed by atoms with Crippen molar-refractivity contribution in [1.29, 1.82) is 0 Å². The van der Waals surface area contributed by atoms with Crippen LogP contribution in [0.25, 0.3) is 0 Å². The number of hydrogen-bond acceptors (Lipinski definition) is 5. The SMILES string of the molecule is Clc1cc(CNC2CCN(c3ccccn3)CC2)cc2c1OCCO2. The average Bonchev–Trinajstić information content (AvgIpc) is 2.68. The number of anilines is 1. The number of benzene rings is 1. The second-order valence-electron chi connectivity index (χ2n) is 6.43. The van der Waals surface area contributed by atoms with Crippen molar-refractivity contribution in [1.82, 2.24) is 10.3 Å². The molecule has 0 spiro atoms. The van der Waals surface area contributed by atoms with E-state index in [2.05, 4.69) is 21.3 Å². The average molecular weight is 360 g/mol. The fourth-order valence-corrected chi connectivity index (χ4v) is 3.67. The van der Waals surface area contributed by atoms with E-state index in [1.807, 2.05) is 30.5 Å². The maximum Gasteiger partial charge on any atom is 0.179 e. The number of hydrogen-bond donors (Lipinski definition) is 1. The zero-order chi connectivity index (χ0) is 17.1. The van der Waals surface area contributed by atoms with Gasteiger partial charge in [0.05, 0.1) is 5.02 Å². The molecule has 1 aromatic carbocycles. The van der Waals surface area contributed by atoms with Crippen molar-refractivity contribution in [3.05, 3.63) is 47.1 Å². The molecule has 0 radical (unpaired) electrons. The van der Waals surface area contributed by atoms with E-state index >= 15 is 0 Å². The minimum Gasteiger partial charge on any atom is -0.486 e. The molecule has 0 atom stereocenters. The van der Waals surface area contributed by atoms with E-state index in [1.165, 1.54) is 0 Å². The van der Waals surface area contributed by atoms with Crippen molar-refractivity contribution < 1.29 is 9.47 Å². The zero-order valence-electron chi connectivity index (χ0n) is 14.1. The Morgan fingerprint density at radius 3 is 2.80 bits per heavy atom. The number of nitrogens with one attached hydrogen (secondary N) is 1. The Bertz CT molecular complexity index is 718. The van der Waals surface area contributed by atoms with E-state index in [0.717, 1.165) is 49.6 Å². The minimum atomic E-state index is 0.506. The van der Waals surface area contributed by atoms with Crippen molar-refractivity contribution in [2.45, 2.75) is 25.4 Å². The fraction of sp³-hybridized carbons (Fsp3) is 0.421. The van der Waals surface area contributed by atoms with Crippen LogP contribution in [-0.4, -0.2) is 37.3 Å². The monoisotopic (exact) mass is 359 g/mol. The second-order valence-corrected chi connectivity index (χ2v) is 6.84. The lowest BCUT2D eigenvalue weighted by atomic mass is 10.0. The predicted molar refractivity (Wildman–Crippen MR) is 98.8 cm³/mol. The normalized spacial score (nSPS) is 17.6. The quantitative estimate of drug-likeness (QED) is 0.907. The molecule has 0 unspecified atom stereocenters. The predicted octanol–water partition coefficient (Wildman–Crippen LogP) is 3.26. The van der Waals surface area contributed by atoms with Crippen LogP contribution in [0.2, 0.25) is 5.02 Å². The fourth-order valence-electron chi connectivity index (χ4n) is 3.38. The maximum absolute atomic E-state index is 6.31. The van der Waals surface area contributed by atoms with Crippen LogP contribution in [-0.2, 0) is 6.54 Å². The van der Waals surface area contributed by atoms with Crippen molar-refractivity contribution in [2.24, 2.45) is 0 Å². The van der Waals surface area contributed by atoms with E-state index in [-0.39, 0.29) is 0 Å². The van der Waals surface area contributed by atoms with Gasteiger partial charge in [0.1, 0.15) is 19.0 Å². The molecule has 1 fully saturated rings. The lowest BCUT2D eigenvalue weighted by Gasteiger charge is -2.33. The van der Waals surface area contributed by atoms with E-state index in [9.17, 15) is 0 Å². The largest absolute Gasteiger partial charge is 0.486 e. The standard InChI is InChI=1S/C19H22ClN3O2/c20-16-11-14(12-17-19(16)25-10-9-24-17)13-22-15-4-7-23(8-5-15)18-3-1-2-6-21-18/h1-3,6,11-12,15,22H,4-5,7-10,13H2. The molecule has 6 heteroatoms. The Hall–Kier alpha value is -1.98. The molecule has 1 aromatic heterocycles. The molecule has 25 heavy (non-hydrogen) atoms. The number of fused-ring (bicyclic) bond motifs is 1. The number of pyridine rings is 1. The summed E-state index contributed by atoms with van der Waals surface area (Å²) in [5.41, 5.74) is 1.13. The Labute approximate surface area is 152 Å². The Morgan fingerprint density at radius 1 is 1.16 bits per heavy atom. The number of nitrogens with zero attached hydrogens (tertiary/aromatic N) is 2. The van der Waals surface area contributed by atoms with Gasteiger partial charge in [-0.3, -0.25) is 0 Å². The van der Waals surface area contributed by atoms with Gasteiger partial charge in [-0.25, -0.2) is 4.98 Å². The third kappa shape index (κ3) is 3.83. The lowest BCUT2D eigenvalue weighted by molar-refractivity contribution is 0.171. The smallest absolute Gasteiger partial charge is 0.179 e. The van der Waals surface area contributed by atoms with Crippen LogP contribution in [0.15, 0.2) is 36.5 Å². The molecule has 2 aliphatic heterocycles. The Balaban J connectivity index is 1.32. The van der Waals surface area contributed by atoms with Gasteiger partial charge in [0.15, 0.2) is 11.5 Å². The minimum absolute atomic E-state index is 0.506. The van der Waals surface area contributed by atoms with E-state index in [0.29, 0.717) is 30.0 Å². The van der Waals surface area contributed by atoms with Gasteiger partial charge in [0, 0.05) is 31.9 Å². The molecule has 1 N–H and O–H groups in total. The molecule has 0 bridgehead atoms. The molecule has 4 rings (SSSR count). The molecule has 5 nitrogen and oxygen atoms in total. The van der Waals surface area contributed by atoms with Crippen LogP contribution in [0.4, 0.5) is 5.82 Å². The molecule has 2 aliphatic rings. The molecular weight excluding hydrogens is 338 g/mol. The summed E-state index contributed by atoms with van der Waals surface area (Å²) < 4.78 is 11.2. The molecule has 0 amide bonds. The topological polar surface area (TPSA) is 46.6 Å². The van der Waals surface area contributed by atoms with Crippen LogP contribution < -0.4 is 19.7 Å². The molecular formula is C19H22ClN3O2. The summed E-state index contributed by atoms with van der Waals surface area (Å²) in [7, 11) is 0. The Morgan fingerprint density at radius 2 is 2.00 bits per heavy atom. The summed E-state index contributed by atoms with van der Waals surface area (Å²) in [5.74, 6) is 2.49. The highest BCUT2D eigenvalue weighted by Crippen LogP contribution is 2.38. The number of rotatable bonds is 4. The van der Waals surface area contributed by atoms with E-state index in [1.54, 1.807) is 0 Å². The first-order chi connectivity index (χ1) is 12.3. The second kappa shape index (κ2) is 7.50. The van der Waals surface area contributed by atoms with Gasteiger partial charge in [-0.2, -0.15) is 0 Å². The number of piperidine rings is 1. The van der Waals surface area contributed by atoms with Crippen molar-refractivity contribution in [3.63, 3.8) is 0 Å². The number of aromatic nitrogens is 1. The first-order valence-corrected chi connectivity index (χ1v) is 9.15. The highest BCUT2D eigenvalue weighted by Gasteiger charge is 2.21. The summed E-state index contributed by atoms with van der Waals surface area (Å²) in [4.78, 5) is 6.78. The van der Waals surface area contributed by atoms with Crippen molar-refractivity contribution >= 4 is 17.4 Å². The van der Waals surface area contributed by atoms with Gasteiger partial charge in [-0.05, 0) is 42.7 Å². The van der Waals surface area contributed by atoms with E-state index < -0.39 is 0 Å². The Kier molecular flexibility index (Phi) is 4.95. The van der Waals surface area contributed by atoms with Crippen molar-refractivity contribution in [2.75, 3.05) is 31.2 Å². The summed E-state index contributed by atoms with van der Waals surface area (Å²) in [6.45, 7) is 3.96.